The maximum absolute atomic E-state index is 13.1. The van der Waals surface area contributed by atoms with Crippen molar-refractivity contribution in [3.8, 4) is 6.07 Å². The quantitative estimate of drug-likeness (QED) is 0.613. The number of nitrogens with one attached hydrogen (secondary N) is 1. The molecule has 0 bridgehead atoms. The van der Waals surface area contributed by atoms with Crippen LogP contribution in [-0.4, -0.2) is 54.9 Å². The number of benzene rings is 2. The minimum atomic E-state index is -3.67. The van der Waals surface area contributed by atoms with Crippen LogP contribution in [0, 0.1) is 11.3 Å². The van der Waals surface area contributed by atoms with Crippen molar-refractivity contribution in [1.82, 2.24) is 14.3 Å². The minimum absolute atomic E-state index is 0.126. The molecule has 0 unspecified atom stereocenters. The Hall–Kier alpha value is -2.93. The zero-order valence-corrected chi connectivity index (χ0v) is 18.8. The van der Waals surface area contributed by atoms with Crippen LogP contribution in [0.1, 0.15) is 18.4 Å². The van der Waals surface area contributed by atoms with Crippen LogP contribution in [0.5, 0.6) is 0 Å². The lowest BCUT2D eigenvalue weighted by Crippen LogP contribution is -2.49. The van der Waals surface area contributed by atoms with Gasteiger partial charge in [-0.2, -0.15) is 9.57 Å². The lowest BCUT2D eigenvalue weighted by Gasteiger charge is -2.35. The second-order valence-electron chi connectivity index (χ2n) is 7.95. The molecule has 3 aromatic rings. The van der Waals surface area contributed by atoms with Gasteiger partial charge >= 0.3 is 0 Å². The van der Waals surface area contributed by atoms with Crippen molar-refractivity contribution < 1.29 is 8.42 Å². The number of aromatic nitrogens is 2. The first-order valence-corrected chi connectivity index (χ1v) is 12.3. The Kier molecular flexibility index (Phi) is 5.37. The van der Waals surface area contributed by atoms with Gasteiger partial charge in [-0.1, -0.05) is 23.7 Å². The lowest BCUT2D eigenvalue weighted by atomic mass is 10.2. The van der Waals surface area contributed by atoms with Crippen LogP contribution in [0.2, 0.25) is 5.02 Å². The van der Waals surface area contributed by atoms with Gasteiger partial charge in [0.05, 0.1) is 27.7 Å². The summed E-state index contributed by atoms with van der Waals surface area (Å²) in [6.07, 6.45) is 2.19. The van der Waals surface area contributed by atoms with E-state index in [1.807, 2.05) is 0 Å². The largest absolute Gasteiger partial charge is 0.364 e. The molecule has 0 radical (unpaired) electrons. The molecule has 1 aromatic heterocycles. The van der Waals surface area contributed by atoms with Crippen LogP contribution < -0.4 is 10.2 Å². The van der Waals surface area contributed by atoms with Crippen LogP contribution in [0.15, 0.2) is 47.4 Å². The maximum Gasteiger partial charge on any atom is 0.244 e. The molecule has 10 heteroatoms. The molecule has 1 aliphatic heterocycles. The average molecular weight is 469 g/mol. The molecule has 0 amide bonds. The number of fused-ring (bicyclic) bond motifs is 1. The maximum atomic E-state index is 13.1. The fourth-order valence-electron chi connectivity index (χ4n) is 3.79. The first-order valence-electron chi connectivity index (χ1n) is 10.4. The summed E-state index contributed by atoms with van der Waals surface area (Å²) in [4.78, 5) is 11.7. The van der Waals surface area contributed by atoms with E-state index in [1.165, 1.54) is 10.4 Å². The Morgan fingerprint density at radius 3 is 2.47 bits per heavy atom. The Morgan fingerprint density at radius 2 is 1.78 bits per heavy atom. The summed E-state index contributed by atoms with van der Waals surface area (Å²) in [6.45, 7) is 1.57. The van der Waals surface area contributed by atoms with E-state index in [1.54, 1.807) is 36.4 Å². The van der Waals surface area contributed by atoms with Crippen molar-refractivity contribution in [1.29, 1.82) is 5.26 Å². The van der Waals surface area contributed by atoms with Crippen LogP contribution in [0.3, 0.4) is 0 Å². The van der Waals surface area contributed by atoms with E-state index in [9.17, 15) is 13.7 Å². The van der Waals surface area contributed by atoms with Crippen LogP contribution >= 0.6 is 11.6 Å². The van der Waals surface area contributed by atoms with E-state index in [2.05, 4.69) is 16.3 Å². The number of sulfonamides is 1. The summed E-state index contributed by atoms with van der Waals surface area (Å²) in [5.74, 6) is 1.39. The van der Waals surface area contributed by atoms with E-state index in [-0.39, 0.29) is 9.92 Å². The summed E-state index contributed by atoms with van der Waals surface area (Å²) < 4.78 is 27.6. The normalized spacial score (nSPS) is 17.3. The van der Waals surface area contributed by atoms with E-state index in [4.69, 9.17) is 21.6 Å². The molecule has 2 aliphatic rings. The third-order valence-corrected chi connectivity index (χ3v) is 8.08. The number of anilines is 2. The second-order valence-corrected chi connectivity index (χ2v) is 10.3. The number of hydrogen-bond donors (Lipinski definition) is 1. The van der Waals surface area contributed by atoms with Gasteiger partial charge in [0.2, 0.25) is 10.0 Å². The van der Waals surface area contributed by atoms with Gasteiger partial charge in [-0.05, 0) is 43.2 Å². The van der Waals surface area contributed by atoms with Crippen molar-refractivity contribution >= 4 is 44.3 Å². The summed E-state index contributed by atoms with van der Waals surface area (Å²) in [5.41, 5.74) is 1.89. The van der Waals surface area contributed by atoms with Crippen LogP contribution in [0.25, 0.3) is 11.0 Å². The molecule has 0 atom stereocenters. The molecular weight excluding hydrogens is 448 g/mol. The highest BCUT2D eigenvalue weighted by Gasteiger charge is 2.32. The van der Waals surface area contributed by atoms with E-state index >= 15 is 0 Å². The van der Waals surface area contributed by atoms with Gasteiger partial charge in [-0.3, -0.25) is 0 Å². The van der Waals surface area contributed by atoms with Gasteiger partial charge < -0.3 is 10.2 Å². The molecule has 5 rings (SSSR count). The van der Waals surface area contributed by atoms with Gasteiger partial charge in [0.25, 0.3) is 0 Å². The van der Waals surface area contributed by atoms with Crippen molar-refractivity contribution in [2.24, 2.45) is 0 Å². The Balaban J connectivity index is 1.42. The number of halogens is 1. The minimum Gasteiger partial charge on any atom is -0.364 e. The summed E-state index contributed by atoms with van der Waals surface area (Å²) in [5, 5.41) is 12.9. The van der Waals surface area contributed by atoms with Gasteiger partial charge in [0, 0.05) is 32.2 Å². The number of piperazine rings is 1. The predicted octanol–water partition coefficient (Wildman–Crippen LogP) is 3.24. The molecule has 32 heavy (non-hydrogen) atoms. The number of hydrogen-bond acceptors (Lipinski definition) is 7. The van der Waals surface area contributed by atoms with Crippen LogP contribution in [0.4, 0.5) is 11.6 Å². The fraction of sp³-hybridized carbons (Fsp3) is 0.318. The third kappa shape index (κ3) is 3.97. The molecule has 0 spiro atoms. The van der Waals surface area contributed by atoms with Gasteiger partial charge in [-0.25, -0.2) is 18.4 Å². The molecular formula is C22H21ClN6O2S. The molecule has 2 aromatic carbocycles. The summed E-state index contributed by atoms with van der Waals surface area (Å²) in [7, 11) is -3.67. The Labute approximate surface area is 191 Å². The number of nitriles is 1. The zero-order valence-electron chi connectivity index (χ0n) is 17.2. The van der Waals surface area contributed by atoms with E-state index in [0.29, 0.717) is 54.9 Å². The van der Waals surface area contributed by atoms with Gasteiger partial charge in [-0.15, -0.1) is 0 Å². The standard InChI is InChI=1S/C22H21ClN6O2S/c23-17-3-1-2-4-20(17)32(30,31)29-11-9-28(10-12-29)22-21(25-16-6-7-16)26-18-8-5-15(14-24)13-19(18)27-22/h1-5,8,13,16H,6-7,9-12H2,(H,25,26). The molecule has 8 nitrogen and oxygen atoms in total. The number of nitrogens with zero attached hydrogens (tertiary/aromatic N) is 5. The van der Waals surface area contributed by atoms with Crippen molar-refractivity contribution in [3.05, 3.63) is 53.1 Å². The number of rotatable bonds is 5. The lowest BCUT2D eigenvalue weighted by molar-refractivity contribution is 0.384. The second kappa shape index (κ2) is 8.20. The van der Waals surface area contributed by atoms with Gasteiger partial charge in [0.15, 0.2) is 11.6 Å². The van der Waals surface area contributed by atoms with E-state index in [0.717, 1.165) is 18.4 Å². The molecule has 1 N–H and O–H groups in total. The Bertz CT molecular complexity index is 1330. The smallest absolute Gasteiger partial charge is 0.244 e. The third-order valence-electron chi connectivity index (χ3n) is 5.69. The first kappa shape index (κ1) is 20.9. The van der Waals surface area contributed by atoms with Crippen LogP contribution in [-0.2, 0) is 10.0 Å². The van der Waals surface area contributed by atoms with E-state index < -0.39 is 10.0 Å². The monoisotopic (exact) mass is 468 g/mol. The SMILES string of the molecule is N#Cc1ccc2nc(NC3CC3)c(N3CCN(S(=O)(=O)c4ccccc4Cl)CC3)nc2c1. The molecule has 164 valence electrons. The topological polar surface area (TPSA) is 102 Å². The molecule has 2 fully saturated rings. The van der Waals surface area contributed by atoms with Crippen molar-refractivity contribution in [2.75, 3.05) is 36.4 Å². The molecule has 1 saturated heterocycles. The predicted molar refractivity (Wildman–Crippen MR) is 123 cm³/mol. The first-order chi connectivity index (χ1) is 15.5. The highest BCUT2D eigenvalue weighted by Crippen LogP contribution is 2.32. The summed E-state index contributed by atoms with van der Waals surface area (Å²) >= 11 is 6.14. The van der Waals surface area contributed by atoms with Crippen molar-refractivity contribution in [2.45, 2.75) is 23.8 Å². The average Bonchev–Trinajstić information content (AvgIpc) is 3.62. The highest BCUT2D eigenvalue weighted by molar-refractivity contribution is 7.89. The Morgan fingerprint density at radius 1 is 1.03 bits per heavy atom. The molecule has 1 aliphatic carbocycles. The molecule has 2 heterocycles. The van der Waals surface area contributed by atoms with Gasteiger partial charge in [0.1, 0.15) is 4.90 Å². The highest BCUT2D eigenvalue weighted by atomic mass is 35.5. The molecule has 1 saturated carbocycles. The van der Waals surface area contributed by atoms with Crippen molar-refractivity contribution in [3.63, 3.8) is 0 Å². The fourth-order valence-corrected chi connectivity index (χ4v) is 5.70. The zero-order chi connectivity index (χ0) is 22.3. The summed E-state index contributed by atoms with van der Waals surface area (Å²) in [6, 6.07) is 14.3.